The Kier molecular flexibility index (Phi) is 0.960. The lowest BCUT2D eigenvalue weighted by Gasteiger charge is -1.74. The summed E-state index contributed by atoms with van der Waals surface area (Å²) in [5.74, 6) is 0. The molecule has 0 aromatic carbocycles. The highest BCUT2D eigenvalue weighted by molar-refractivity contribution is 7.14. The predicted molar refractivity (Wildman–Crippen MR) is 35.3 cm³/mol. The Balaban J connectivity index is 2.95. The minimum atomic E-state index is 1.04. The molecule has 0 atom stereocenters. The van der Waals surface area contributed by atoms with Crippen molar-refractivity contribution in [1.29, 1.82) is 0 Å². The van der Waals surface area contributed by atoms with Crippen molar-refractivity contribution in [3.63, 3.8) is 0 Å². The highest BCUT2D eigenvalue weighted by Crippen LogP contribution is 1.97. The molecule has 0 saturated heterocycles. The molecule has 0 radical (unpaired) electrons. The van der Waals surface area contributed by atoms with E-state index >= 15 is 0 Å². The largest absolute Gasteiger partial charge is 0.386 e. The highest BCUT2D eigenvalue weighted by Gasteiger charge is 1.98. The summed E-state index contributed by atoms with van der Waals surface area (Å²) in [6, 6.07) is 1.92. The molecule has 2 heterocycles. The maximum atomic E-state index is 4.12. The second-order valence-electron chi connectivity index (χ2n) is 1.71. The lowest BCUT2D eigenvalue weighted by Crippen LogP contribution is -2.16. The van der Waals surface area contributed by atoms with Gasteiger partial charge in [-0.25, -0.2) is 0 Å². The molecule has 9 heavy (non-hydrogen) atoms. The van der Waals surface area contributed by atoms with Crippen LogP contribution < -0.4 is 4.40 Å². The number of thiazole rings is 1. The van der Waals surface area contributed by atoms with Crippen molar-refractivity contribution in [3.8, 4) is 0 Å². The van der Waals surface area contributed by atoms with E-state index in [1.807, 2.05) is 28.2 Å². The summed E-state index contributed by atoms with van der Waals surface area (Å²) in [4.78, 5) is 5.16. The van der Waals surface area contributed by atoms with Gasteiger partial charge in [0.1, 0.15) is 18.6 Å². The van der Waals surface area contributed by atoms with Crippen LogP contribution in [0, 0.1) is 0 Å². The first-order valence-corrected chi connectivity index (χ1v) is 3.54. The van der Waals surface area contributed by atoms with Gasteiger partial charge >= 0.3 is 4.96 Å². The summed E-state index contributed by atoms with van der Waals surface area (Å²) >= 11 is 1.64. The Morgan fingerprint density at radius 1 is 1.44 bits per heavy atom. The molecule has 0 saturated carbocycles. The van der Waals surface area contributed by atoms with Crippen LogP contribution in [0.15, 0.2) is 30.0 Å². The maximum absolute atomic E-state index is 4.12. The standard InChI is InChI=1S/C6H5N2S/c1-2-7-6-8(3-1)4-5-9-6/h1-5H/q+1. The molecular formula is C6H5N2S+. The number of aromatic nitrogens is 2. The van der Waals surface area contributed by atoms with E-state index in [2.05, 4.69) is 4.98 Å². The minimum Gasteiger partial charge on any atom is -0.193 e. The zero-order valence-electron chi connectivity index (χ0n) is 4.69. The lowest BCUT2D eigenvalue weighted by atomic mass is 10.7. The molecule has 0 aliphatic heterocycles. The Bertz CT molecular complexity index is 285. The summed E-state index contributed by atoms with van der Waals surface area (Å²) in [5.41, 5.74) is 0. The van der Waals surface area contributed by atoms with E-state index in [0.717, 1.165) is 4.96 Å². The SMILES string of the molecule is c1cnc2scc[n+]2c1. The van der Waals surface area contributed by atoms with Crippen molar-refractivity contribution in [2.75, 3.05) is 0 Å². The Hall–Kier alpha value is -0.960. The Morgan fingerprint density at radius 2 is 2.44 bits per heavy atom. The van der Waals surface area contributed by atoms with Crippen molar-refractivity contribution in [2.45, 2.75) is 0 Å². The molecule has 0 N–H and O–H groups in total. The first-order valence-electron chi connectivity index (χ1n) is 2.66. The van der Waals surface area contributed by atoms with Crippen molar-refractivity contribution in [1.82, 2.24) is 4.98 Å². The van der Waals surface area contributed by atoms with Gasteiger partial charge in [0.05, 0.1) is 0 Å². The molecule has 2 rings (SSSR count). The van der Waals surface area contributed by atoms with E-state index in [4.69, 9.17) is 0 Å². The predicted octanol–water partition coefficient (Wildman–Crippen LogP) is 0.882. The van der Waals surface area contributed by atoms with Crippen LogP contribution in [0.2, 0.25) is 0 Å². The molecule has 0 bridgehead atoms. The molecule has 2 aromatic heterocycles. The van der Waals surface area contributed by atoms with Crippen molar-refractivity contribution in [2.24, 2.45) is 0 Å². The van der Waals surface area contributed by atoms with E-state index in [9.17, 15) is 0 Å². The quantitative estimate of drug-likeness (QED) is 0.493. The Morgan fingerprint density at radius 3 is 3.33 bits per heavy atom. The average molecular weight is 137 g/mol. The van der Waals surface area contributed by atoms with Crippen molar-refractivity contribution in [3.05, 3.63) is 30.0 Å². The zero-order chi connectivity index (χ0) is 6.10. The molecule has 0 fully saturated rings. The summed E-state index contributed by atoms with van der Waals surface area (Å²) in [5, 5.41) is 2.02. The van der Waals surface area contributed by atoms with Gasteiger partial charge in [0.15, 0.2) is 0 Å². The molecular weight excluding hydrogens is 132 g/mol. The van der Waals surface area contributed by atoms with Crippen LogP contribution in [-0.4, -0.2) is 4.98 Å². The van der Waals surface area contributed by atoms with Gasteiger partial charge in [0, 0.05) is 11.4 Å². The molecule has 2 aromatic rings. The van der Waals surface area contributed by atoms with Gasteiger partial charge < -0.3 is 0 Å². The summed E-state index contributed by atoms with van der Waals surface area (Å²) in [6.07, 6.45) is 5.78. The number of rotatable bonds is 0. The van der Waals surface area contributed by atoms with Gasteiger partial charge in [0.2, 0.25) is 0 Å². The summed E-state index contributed by atoms with van der Waals surface area (Å²) in [6.45, 7) is 0. The molecule has 44 valence electrons. The van der Waals surface area contributed by atoms with Gasteiger partial charge in [-0.1, -0.05) is 11.3 Å². The maximum Gasteiger partial charge on any atom is 0.386 e. The normalized spacial score (nSPS) is 10.2. The third-order valence-corrected chi connectivity index (χ3v) is 1.92. The van der Waals surface area contributed by atoms with Crippen LogP contribution >= 0.6 is 11.3 Å². The van der Waals surface area contributed by atoms with Gasteiger partial charge in [-0.15, -0.1) is 0 Å². The third-order valence-electron chi connectivity index (χ3n) is 1.13. The van der Waals surface area contributed by atoms with E-state index in [0.29, 0.717) is 0 Å². The van der Waals surface area contributed by atoms with E-state index in [1.165, 1.54) is 0 Å². The topological polar surface area (TPSA) is 17.0 Å². The second kappa shape index (κ2) is 1.77. The van der Waals surface area contributed by atoms with Crippen molar-refractivity contribution < 1.29 is 4.40 Å². The van der Waals surface area contributed by atoms with Crippen molar-refractivity contribution >= 4 is 16.3 Å². The van der Waals surface area contributed by atoms with Crippen LogP contribution in [0.25, 0.3) is 4.96 Å². The summed E-state index contributed by atoms with van der Waals surface area (Å²) < 4.78 is 1.99. The van der Waals surface area contributed by atoms with E-state index < -0.39 is 0 Å². The van der Waals surface area contributed by atoms with Gasteiger partial charge in [-0.3, -0.25) is 0 Å². The first kappa shape index (κ1) is 4.88. The average Bonchev–Trinajstić information content (AvgIpc) is 2.33. The van der Waals surface area contributed by atoms with Gasteiger partial charge in [-0.05, 0) is 4.98 Å². The monoisotopic (exact) mass is 137 g/mol. The summed E-state index contributed by atoms with van der Waals surface area (Å²) in [7, 11) is 0. The third kappa shape index (κ3) is 0.695. The number of hydrogen-bond donors (Lipinski definition) is 0. The lowest BCUT2D eigenvalue weighted by molar-refractivity contribution is -0.509. The number of hydrogen-bond acceptors (Lipinski definition) is 2. The second-order valence-corrected chi connectivity index (χ2v) is 2.59. The fraction of sp³-hybridized carbons (Fsp3) is 0. The van der Waals surface area contributed by atoms with Gasteiger partial charge in [-0.2, -0.15) is 4.40 Å². The molecule has 3 heteroatoms. The van der Waals surface area contributed by atoms with Crippen LogP contribution in [0.4, 0.5) is 0 Å². The van der Waals surface area contributed by atoms with Gasteiger partial charge in [0.25, 0.3) is 0 Å². The fourth-order valence-corrected chi connectivity index (χ4v) is 1.41. The number of nitrogens with zero attached hydrogens (tertiary/aromatic N) is 2. The molecule has 0 aliphatic carbocycles. The molecule has 2 nitrogen and oxygen atoms in total. The van der Waals surface area contributed by atoms with Crippen LogP contribution in [0.5, 0.6) is 0 Å². The van der Waals surface area contributed by atoms with Crippen LogP contribution in [0.3, 0.4) is 0 Å². The molecule has 0 spiro atoms. The van der Waals surface area contributed by atoms with Crippen LogP contribution in [-0.2, 0) is 0 Å². The minimum absolute atomic E-state index is 1.04. The molecule has 0 amide bonds. The van der Waals surface area contributed by atoms with E-state index in [-0.39, 0.29) is 0 Å². The van der Waals surface area contributed by atoms with Crippen LogP contribution in [0.1, 0.15) is 0 Å². The Labute approximate surface area is 56.4 Å². The number of fused-ring (bicyclic) bond motifs is 1. The molecule has 0 aliphatic rings. The first-order chi connectivity index (χ1) is 4.47. The fourth-order valence-electron chi connectivity index (χ4n) is 0.730. The highest BCUT2D eigenvalue weighted by atomic mass is 32.1. The zero-order valence-corrected chi connectivity index (χ0v) is 5.51. The molecule has 0 unspecified atom stereocenters. The smallest absolute Gasteiger partial charge is 0.193 e. The van der Waals surface area contributed by atoms with E-state index in [1.54, 1.807) is 17.5 Å².